The zero-order chi connectivity index (χ0) is 26.1. The van der Waals surface area contributed by atoms with Crippen LogP contribution in [0.4, 0.5) is 5.69 Å². The molecule has 4 aromatic rings. The lowest BCUT2D eigenvalue weighted by atomic mass is 9.94. The van der Waals surface area contributed by atoms with Gasteiger partial charge in [0.1, 0.15) is 11.3 Å². The first kappa shape index (κ1) is 24.7. The maximum atomic E-state index is 13.8. The molecule has 3 aromatic carbocycles. The zero-order valence-electron chi connectivity index (χ0n) is 20.5. The van der Waals surface area contributed by atoms with Crippen LogP contribution in [0.5, 0.6) is 5.75 Å². The molecule has 1 unspecified atom stereocenters. The summed E-state index contributed by atoms with van der Waals surface area (Å²) >= 11 is 6.10. The molecule has 0 radical (unpaired) electrons. The Bertz CT molecular complexity index is 1520. The summed E-state index contributed by atoms with van der Waals surface area (Å²) in [6, 6.07) is 20.5. The second kappa shape index (κ2) is 10.1. The average molecular weight is 516 g/mol. The lowest BCUT2D eigenvalue weighted by Crippen LogP contribution is -2.31. The second-order valence-electron chi connectivity index (χ2n) is 8.90. The third kappa shape index (κ3) is 4.60. The van der Waals surface area contributed by atoms with Gasteiger partial charge in [0.05, 0.1) is 18.2 Å². The van der Waals surface area contributed by atoms with Crippen molar-refractivity contribution in [2.45, 2.75) is 32.7 Å². The lowest BCUT2D eigenvalue weighted by Gasteiger charge is -2.27. The number of nitrogens with zero attached hydrogens (tertiary/aromatic N) is 1. The summed E-state index contributed by atoms with van der Waals surface area (Å²) in [7, 11) is 0. The summed E-state index contributed by atoms with van der Waals surface area (Å²) in [6.45, 7) is 4.59. The van der Waals surface area contributed by atoms with Crippen molar-refractivity contribution in [1.29, 1.82) is 0 Å². The standard InChI is InChI=1S/C30H26ClNO5/c1-3-14-36-23-7-5-6-22(17-23)32-27(19-10-8-18(4-2)9-11-19)26(29(34)30(32)35)28(33)25-16-20-15-21(31)12-13-24(20)37-25/h5-13,15-17,27,34H,3-4,14H2,1-2H3. The van der Waals surface area contributed by atoms with Gasteiger partial charge in [-0.25, -0.2) is 0 Å². The van der Waals surface area contributed by atoms with Gasteiger partial charge in [-0.3, -0.25) is 14.5 Å². The van der Waals surface area contributed by atoms with Crippen LogP contribution >= 0.6 is 11.6 Å². The topological polar surface area (TPSA) is 80.0 Å². The number of Topliss-reactive ketones (excluding diaryl/α,β-unsaturated/α-hetero) is 1. The first-order valence-electron chi connectivity index (χ1n) is 12.2. The molecule has 0 saturated heterocycles. The molecular formula is C30H26ClNO5. The summed E-state index contributed by atoms with van der Waals surface area (Å²) in [5, 5.41) is 12.2. The Morgan fingerprint density at radius 3 is 2.57 bits per heavy atom. The predicted molar refractivity (Wildman–Crippen MR) is 143 cm³/mol. The van der Waals surface area contributed by atoms with E-state index in [1.807, 2.05) is 37.3 Å². The van der Waals surface area contributed by atoms with Crippen molar-refractivity contribution in [3.63, 3.8) is 0 Å². The van der Waals surface area contributed by atoms with Crippen LogP contribution in [-0.2, 0) is 11.2 Å². The van der Waals surface area contributed by atoms with Crippen molar-refractivity contribution in [2.24, 2.45) is 0 Å². The molecule has 188 valence electrons. The molecule has 1 atom stereocenters. The summed E-state index contributed by atoms with van der Waals surface area (Å²) in [5.41, 5.74) is 2.76. The van der Waals surface area contributed by atoms with E-state index in [0.29, 0.717) is 39.6 Å². The molecule has 5 rings (SSSR count). The number of hydrogen-bond donors (Lipinski definition) is 1. The highest BCUT2D eigenvalue weighted by Gasteiger charge is 2.45. The van der Waals surface area contributed by atoms with Gasteiger partial charge in [0.2, 0.25) is 5.78 Å². The van der Waals surface area contributed by atoms with Gasteiger partial charge in [-0.05, 0) is 60.4 Å². The van der Waals surface area contributed by atoms with Crippen molar-refractivity contribution in [2.75, 3.05) is 11.5 Å². The third-order valence-electron chi connectivity index (χ3n) is 6.43. The van der Waals surface area contributed by atoms with Crippen molar-refractivity contribution < 1.29 is 23.8 Å². The summed E-state index contributed by atoms with van der Waals surface area (Å²) in [6.07, 6.45) is 1.68. The minimum Gasteiger partial charge on any atom is -0.503 e. The Kier molecular flexibility index (Phi) is 6.76. The molecule has 1 aromatic heterocycles. The van der Waals surface area contributed by atoms with Crippen LogP contribution in [0.3, 0.4) is 0 Å². The summed E-state index contributed by atoms with van der Waals surface area (Å²) < 4.78 is 11.6. The number of aryl methyl sites for hydroxylation is 1. The van der Waals surface area contributed by atoms with E-state index in [4.69, 9.17) is 20.8 Å². The molecule has 0 spiro atoms. The van der Waals surface area contributed by atoms with Crippen LogP contribution in [0.2, 0.25) is 5.02 Å². The van der Waals surface area contributed by atoms with Crippen LogP contribution in [-0.4, -0.2) is 23.4 Å². The van der Waals surface area contributed by atoms with E-state index in [1.54, 1.807) is 42.5 Å². The van der Waals surface area contributed by atoms with E-state index >= 15 is 0 Å². The molecule has 2 heterocycles. The second-order valence-corrected chi connectivity index (χ2v) is 9.34. The number of hydrogen-bond acceptors (Lipinski definition) is 5. The Morgan fingerprint density at radius 1 is 1.05 bits per heavy atom. The number of ether oxygens (including phenoxy) is 1. The van der Waals surface area contributed by atoms with Gasteiger partial charge in [-0.15, -0.1) is 0 Å². The molecular weight excluding hydrogens is 490 g/mol. The lowest BCUT2D eigenvalue weighted by molar-refractivity contribution is -0.117. The van der Waals surface area contributed by atoms with E-state index < -0.39 is 23.5 Å². The molecule has 1 aliphatic rings. The molecule has 0 aliphatic carbocycles. The highest BCUT2D eigenvalue weighted by Crippen LogP contribution is 2.43. The van der Waals surface area contributed by atoms with Gasteiger partial charge in [0.25, 0.3) is 5.91 Å². The van der Waals surface area contributed by atoms with E-state index in [9.17, 15) is 14.7 Å². The minimum atomic E-state index is -0.857. The number of amides is 1. The molecule has 1 amide bonds. The molecule has 0 bridgehead atoms. The Balaban J connectivity index is 1.62. The number of furan rings is 1. The van der Waals surface area contributed by atoms with Gasteiger partial charge >= 0.3 is 0 Å². The van der Waals surface area contributed by atoms with Crippen molar-refractivity contribution in [1.82, 2.24) is 0 Å². The SMILES string of the molecule is CCCOc1cccc(N2C(=O)C(O)=C(C(=O)c3cc4cc(Cl)ccc4o3)C2c2ccc(CC)cc2)c1. The van der Waals surface area contributed by atoms with Crippen molar-refractivity contribution in [3.05, 3.63) is 106 Å². The molecule has 1 aliphatic heterocycles. The fraction of sp³-hybridized carbons (Fsp3) is 0.200. The largest absolute Gasteiger partial charge is 0.503 e. The molecule has 37 heavy (non-hydrogen) atoms. The molecule has 1 N–H and O–H groups in total. The Morgan fingerprint density at radius 2 is 1.84 bits per heavy atom. The fourth-order valence-electron chi connectivity index (χ4n) is 4.56. The first-order valence-corrected chi connectivity index (χ1v) is 12.6. The highest BCUT2D eigenvalue weighted by atomic mass is 35.5. The smallest absolute Gasteiger partial charge is 0.294 e. The Hall–Kier alpha value is -4.03. The number of carbonyl (C=O) groups is 2. The number of aliphatic hydroxyl groups excluding tert-OH is 1. The van der Waals surface area contributed by atoms with Gasteiger partial charge < -0.3 is 14.3 Å². The normalized spacial score (nSPS) is 15.6. The number of aliphatic hydroxyl groups is 1. The summed E-state index contributed by atoms with van der Waals surface area (Å²) in [4.78, 5) is 28.7. The minimum absolute atomic E-state index is 0.0173. The van der Waals surface area contributed by atoms with Crippen LogP contribution in [0, 0.1) is 0 Å². The van der Waals surface area contributed by atoms with Gasteiger partial charge in [-0.2, -0.15) is 0 Å². The number of anilines is 1. The van der Waals surface area contributed by atoms with Crippen molar-refractivity contribution in [3.8, 4) is 5.75 Å². The summed E-state index contributed by atoms with van der Waals surface area (Å²) in [5.74, 6) is -1.22. The van der Waals surface area contributed by atoms with Crippen LogP contribution in [0.1, 0.15) is 48.0 Å². The molecule has 6 nitrogen and oxygen atoms in total. The zero-order valence-corrected chi connectivity index (χ0v) is 21.3. The number of benzene rings is 3. The van der Waals surface area contributed by atoms with Gasteiger partial charge in [0, 0.05) is 22.2 Å². The predicted octanol–water partition coefficient (Wildman–Crippen LogP) is 7.22. The molecule has 7 heteroatoms. The van der Waals surface area contributed by atoms with E-state index in [1.165, 1.54) is 4.90 Å². The van der Waals surface area contributed by atoms with Crippen LogP contribution in [0.25, 0.3) is 11.0 Å². The van der Waals surface area contributed by atoms with Crippen LogP contribution < -0.4 is 9.64 Å². The maximum absolute atomic E-state index is 13.8. The molecule has 0 saturated carbocycles. The van der Waals surface area contributed by atoms with Crippen LogP contribution in [0.15, 0.2) is 88.5 Å². The Labute approximate surface area is 219 Å². The third-order valence-corrected chi connectivity index (χ3v) is 6.66. The average Bonchev–Trinajstić information content (AvgIpc) is 3.45. The highest BCUT2D eigenvalue weighted by molar-refractivity contribution is 6.31. The van der Waals surface area contributed by atoms with Gasteiger partial charge in [0.15, 0.2) is 11.5 Å². The number of carbonyl (C=O) groups excluding carboxylic acids is 2. The maximum Gasteiger partial charge on any atom is 0.294 e. The number of ketones is 1. The molecule has 0 fully saturated rings. The number of rotatable bonds is 8. The first-order chi connectivity index (χ1) is 17.9. The quantitative estimate of drug-likeness (QED) is 0.250. The fourth-order valence-corrected chi connectivity index (χ4v) is 4.74. The monoisotopic (exact) mass is 515 g/mol. The van der Waals surface area contributed by atoms with Crippen molar-refractivity contribution >= 4 is 39.9 Å². The van der Waals surface area contributed by atoms with E-state index in [2.05, 4.69) is 6.92 Å². The van der Waals surface area contributed by atoms with Gasteiger partial charge in [-0.1, -0.05) is 55.8 Å². The number of fused-ring (bicyclic) bond motifs is 1. The number of halogens is 1. The van der Waals surface area contributed by atoms with E-state index in [0.717, 1.165) is 18.4 Å². The van der Waals surface area contributed by atoms with E-state index in [-0.39, 0.29) is 11.3 Å².